The van der Waals surface area contributed by atoms with E-state index in [0.29, 0.717) is 28.0 Å². The maximum absolute atomic E-state index is 13.3. The second-order valence-corrected chi connectivity index (χ2v) is 9.99. The summed E-state index contributed by atoms with van der Waals surface area (Å²) >= 11 is 1.53. The highest BCUT2D eigenvalue weighted by atomic mass is 32.2. The number of aryl methyl sites for hydroxylation is 2. The van der Waals surface area contributed by atoms with Crippen LogP contribution in [0.4, 0.5) is 5.69 Å². The number of pyridine rings is 1. The quantitative estimate of drug-likeness (QED) is 0.505. The fourth-order valence-electron chi connectivity index (χ4n) is 3.36. The smallest absolute Gasteiger partial charge is 0.256 e. The van der Waals surface area contributed by atoms with Crippen LogP contribution in [0, 0.1) is 6.92 Å². The van der Waals surface area contributed by atoms with E-state index >= 15 is 0 Å². The molecule has 0 saturated carbocycles. The largest absolute Gasteiger partial charge is 0.321 e. The highest BCUT2D eigenvalue weighted by molar-refractivity contribution is 7.91. The van der Waals surface area contributed by atoms with Crippen molar-refractivity contribution in [3.05, 3.63) is 59.1 Å². The molecule has 0 atom stereocenters. The lowest BCUT2D eigenvalue weighted by Crippen LogP contribution is -2.16. The predicted octanol–water partition coefficient (Wildman–Crippen LogP) is 4.05. The summed E-state index contributed by atoms with van der Waals surface area (Å²) in [4.78, 5) is 19.0. The van der Waals surface area contributed by atoms with Gasteiger partial charge in [0.2, 0.25) is 0 Å². The van der Waals surface area contributed by atoms with E-state index in [1.165, 1.54) is 17.4 Å². The van der Waals surface area contributed by atoms with Crippen LogP contribution in [0.25, 0.3) is 21.6 Å². The summed E-state index contributed by atoms with van der Waals surface area (Å²) in [5.41, 5.74) is 2.60. The van der Waals surface area contributed by atoms with Gasteiger partial charge in [0.25, 0.3) is 5.91 Å². The molecule has 1 aromatic carbocycles. The summed E-state index contributed by atoms with van der Waals surface area (Å²) in [5.74, 6) is -0.459. The first kappa shape index (κ1) is 20.2. The van der Waals surface area contributed by atoms with E-state index in [0.717, 1.165) is 4.88 Å². The lowest BCUT2D eigenvalue weighted by atomic mass is 10.1. The number of benzene rings is 1. The van der Waals surface area contributed by atoms with Gasteiger partial charge in [0.05, 0.1) is 43.6 Å². The molecule has 0 spiro atoms. The molecular weight excluding hydrogens is 420 g/mol. The Morgan fingerprint density at radius 2 is 1.97 bits per heavy atom. The molecule has 9 heteroatoms. The number of hydrogen-bond acceptors (Lipinski definition) is 6. The number of rotatable bonds is 5. The number of thiophene rings is 1. The van der Waals surface area contributed by atoms with Crippen LogP contribution in [0.1, 0.15) is 23.0 Å². The Kier molecular flexibility index (Phi) is 5.17. The molecule has 0 aliphatic carbocycles. The second kappa shape index (κ2) is 7.66. The lowest BCUT2D eigenvalue weighted by Gasteiger charge is -2.12. The highest BCUT2D eigenvalue weighted by Gasteiger charge is 2.22. The van der Waals surface area contributed by atoms with Crippen LogP contribution in [-0.2, 0) is 16.9 Å². The minimum Gasteiger partial charge on any atom is -0.321 e. The molecule has 30 heavy (non-hydrogen) atoms. The van der Waals surface area contributed by atoms with Crippen LogP contribution < -0.4 is 5.32 Å². The molecule has 4 aromatic rings. The fourth-order valence-corrected chi connectivity index (χ4v) is 5.10. The number of carbonyl (C=O) groups excluding carboxylic acids is 1. The molecule has 0 fully saturated rings. The van der Waals surface area contributed by atoms with E-state index in [9.17, 15) is 13.2 Å². The van der Waals surface area contributed by atoms with E-state index in [1.807, 2.05) is 24.4 Å². The first-order valence-corrected chi connectivity index (χ1v) is 11.9. The third kappa shape index (κ3) is 3.50. The number of fused-ring (bicyclic) bond motifs is 1. The van der Waals surface area contributed by atoms with Crippen molar-refractivity contribution in [1.29, 1.82) is 0 Å². The zero-order valence-corrected chi connectivity index (χ0v) is 18.3. The first-order chi connectivity index (χ1) is 14.3. The molecule has 3 aromatic heterocycles. The van der Waals surface area contributed by atoms with E-state index in [1.54, 1.807) is 42.9 Å². The zero-order valence-electron chi connectivity index (χ0n) is 16.7. The van der Waals surface area contributed by atoms with Gasteiger partial charge in [-0.1, -0.05) is 25.1 Å². The van der Waals surface area contributed by atoms with Gasteiger partial charge < -0.3 is 5.32 Å². The Labute approximate surface area is 178 Å². The summed E-state index contributed by atoms with van der Waals surface area (Å²) in [6.45, 7) is 3.40. The summed E-state index contributed by atoms with van der Waals surface area (Å²) in [5, 5.41) is 9.79. The molecule has 0 bridgehead atoms. The summed E-state index contributed by atoms with van der Waals surface area (Å²) < 4.78 is 26.5. The van der Waals surface area contributed by atoms with Crippen LogP contribution in [0.3, 0.4) is 0 Å². The Morgan fingerprint density at radius 3 is 2.67 bits per heavy atom. The Balaban J connectivity index is 1.85. The van der Waals surface area contributed by atoms with Gasteiger partial charge in [0.1, 0.15) is 0 Å². The normalized spacial score (nSPS) is 11.7. The van der Waals surface area contributed by atoms with Crippen LogP contribution in [0.2, 0.25) is 0 Å². The van der Waals surface area contributed by atoms with Crippen LogP contribution in [0.15, 0.2) is 52.7 Å². The average molecular weight is 441 g/mol. The highest BCUT2D eigenvalue weighted by Crippen LogP contribution is 2.30. The molecule has 0 aliphatic heterocycles. The van der Waals surface area contributed by atoms with Crippen LogP contribution >= 0.6 is 11.3 Å². The molecule has 3 heterocycles. The molecule has 0 unspecified atom stereocenters. The Bertz CT molecular complexity index is 1360. The van der Waals surface area contributed by atoms with Crippen molar-refractivity contribution in [1.82, 2.24) is 14.8 Å². The maximum atomic E-state index is 13.3. The number of para-hydroxylation sites is 1. The zero-order chi connectivity index (χ0) is 21.5. The van der Waals surface area contributed by atoms with Gasteiger partial charge in [-0.2, -0.15) is 5.10 Å². The van der Waals surface area contributed by atoms with E-state index in [4.69, 9.17) is 4.98 Å². The summed E-state index contributed by atoms with van der Waals surface area (Å²) in [6.07, 6.45) is 0. The molecule has 0 aliphatic rings. The first-order valence-electron chi connectivity index (χ1n) is 9.33. The van der Waals surface area contributed by atoms with Gasteiger partial charge >= 0.3 is 0 Å². The van der Waals surface area contributed by atoms with Crippen LogP contribution in [-0.4, -0.2) is 34.8 Å². The second-order valence-electron chi connectivity index (χ2n) is 6.79. The van der Waals surface area contributed by atoms with Crippen molar-refractivity contribution >= 4 is 43.8 Å². The van der Waals surface area contributed by atoms with Gasteiger partial charge in [-0.15, -0.1) is 11.3 Å². The number of sulfone groups is 1. The number of nitrogens with zero attached hydrogens (tertiary/aromatic N) is 3. The van der Waals surface area contributed by atoms with Gasteiger partial charge in [0.15, 0.2) is 15.5 Å². The molecule has 7 nitrogen and oxygen atoms in total. The number of aromatic nitrogens is 3. The van der Waals surface area contributed by atoms with Gasteiger partial charge in [-0.25, -0.2) is 13.4 Å². The van der Waals surface area contributed by atoms with Gasteiger partial charge in [-0.05, 0) is 36.6 Å². The SMILES string of the molecule is CCS(=O)(=O)c1ccccc1NC(=O)c1cc(-c2cccs2)nc2c1c(C)nn2C. The van der Waals surface area contributed by atoms with Gasteiger partial charge in [0, 0.05) is 7.05 Å². The number of amides is 1. The topological polar surface area (TPSA) is 93.9 Å². The van der Waals surface area contributed by atoms with Crippen molar-refractivity contribution in [2.75, 3.05) is 11.1 Å². The number of carbonyl (C=O) groups is 1. The minimum absolute atomic E-state index is 0.0520. The number of anilines is 1. The van der Waals surface area contributed by atoms with Crippen molar-refractivity contribution in [2.45, 2.75) is 18.7 Å². The average Bonchev–Trinajstić information content (AvgIpc) is 3.36. The van der Waals surface area contributed by atoms with Crippen molar-refractivity contribution in [3.8, 4) is 10.6 Å². The lowest BCUT2D eigenvalue weighted by molar-refractivity contribution is 0.102. The number of nitrogens with one attached hydrogen (secondary N) is 1. The standard InChI is InChI=1S/C21H20N4O3S2/c1-4-30(27,28)18-10-6-5-8-15(18)23-21(26)14-12-16(17-9-7-11-29-17)22-20-19(14)13(2)24-25(20)3/h5-12H,4H2,1-3H3,(H,23,26). The van der Waals surface area contributed by atoms with Gasteiger partial charge in [-0.3, -0.25) is 9.48 Å². The van der Waals surface area contributed by atoms with Crippen LogP contribution in [0.5, 0.6) is 0 Å². The minimum atomic E-state index is -3.49. The van der Waals surface area contributed by atoms with E-state index in [-0.39, 0.29) is 16.3 Å². The molecule has 1 N–H and O–H groups in total. The monoisotopic (exact) mass is 440 g/mol. The maximum Gasteiger partial charge on any atom is 0.256 e. The van der Waals surface area contributed by atoms with Crippen molar-refractivity contribution in [3.63, 3.8) is 0 Å². The van der Waals surface area contributed by atoms with E-state index < -0.39 is 15.7 Å². The third-order valence-electron chi connectivity index (χ3n) is 4.84. The van der Waals surface area contributed by atoms with Crippen molar-refractivity contribution < 1.29 is 13.2 Å². The Morgan fingerprint density at radius 1 is 1.20 bits per heavy atom. The fraction of sp³-hybridized carbons (Fsp3) is 0.190. The Hall–Kier alpha value is -3.04. The predicted molar refractivity (Wildman–Crippen MR) is 119 cm³/mol. The van der Waals surface area contributed by atoms with Crippen molar-refractivity contribution in [2.24, 2.45) is 7.05 Å². The molecule has 0 radical (unpaired) electrons. The molecule has 0 saturated heterocycles. The molecule has 1 amide bonds. The third-order valence-corrected chi connectivity index (χ3v) is 7.52. The molecule has 4 rings (SSSR count). The molecule has 154 valence electrons. The summed E-state index contributed by atoms with van der Waals surface area (Å²) in [6, 6.07) is 12.0. The van der Waals surface area contributed by atoms with E-state index in [2.05, 4.69) is 10.4 Å². The number of hydrogen-bond donors (Lipinski definition) is 1. The summed E-state index contributed by atoms with van der Waals surface area (Å²) in [7, 11) is -1.71. The molecular formula is C21H20N4O3S2.